The zero-order chi connectivity index (χ0) is 13.7. The van der Waals surface area contributed by atoms with Crippen LogP contribution in [0.1, 0.15) is 32.1 Å². The predicted molar refractivity (Wildman–Crippen MR) is 65.6 cm³/mol. The van der Waals surface area contributed by atoms with Crippen molar-refractivity contribution in [2.24, 2.45) is 11.3 Å². The molecule has 1 N–H and O–H groups in total. The third-order valence-electron chi connectivity index (χ3n) is 4.96. The van der Waals surface area contributed by atoms with E-state index in [0.29, 0.717) is 5.92 Å². The Labute approximate surface area is 112 Å². The lowest BCUT2D eigenvalue weighted by atomic mass is 9.61. The molecule has 0 aromatic carbocycles. The predicted octanol–water partition coefficient (Wildman–Crippen LogP) is 0.750. The highest BCUT2D eigenvalue weighted by Gasteiger charge is 2.57. The Bertz CT molecular complexity index is 494. The Morgan fingerprint density at radius 1 is 1.42 bits per heavy atom. The molecule has 2 heterocycles. The second-order valence-corrected chi connectivity index (χ2v) is 7.44. The molecule has 3 fully saturated rings. The van der Waals surface area contributed by atoms with Gasteiger partial charge in [-0.3, -0.25) is 4.79 Å². The maximum atomic E-state index is 13.0. The number of esters is 1. The minimum absolute atomic E-state index is 0.0678. The number of carbonyl (C=O) groups excluding carboxylic acids is 1. The lowest BCUT2D eigenvalue weighted by Gasteiger charge is -2.48. The number of halogens is 1. The molecule has 1 spiro atoms. The van der Waals surface area contributed by atoms with Gasteiger partial charge in [-0.15, -0.1) is 3.89 Å². The molecule has 108 valence electrons. The van der Waals surface area contributed by atoms with E-state index in [4.69, 9.17) is 4.74 Å². The molecule has 2 saturated heterocycles. The van der Waals surface area contributed by atoms with Gasteiger partial charge >= 0.3 is 16.2 Å². The smallest absolute Gasteiger partial charge is 0.306 e. The van der Waals surface area contributed by atoms with Crippen molar-refractivity contribution in [3.05, 3.63) is 0 Å². The highest BCUT2D eigenvalue weighted by molar-refractivity contribution is 7.86. The molecule has 3 aliphatic rings. The Morgan fingerprint density at radius 3 is 2.95 bits per heavy atom. The molecular weight excluding hydrogens is 273 g/mol. The Kier molecular flexibility index (Phi) is 3.09. The second kappa shape index (κ2) is 4.41. The first kappa shape index (κ1) is 13.3. The average Bonchev–Trinajstić information content (AvgIpc) is 2.60. The van der Waals surface area contributed by atoms with Crippen LogP contribution >= 0.6 is 0 Å². The first-order valence-corrected chi connectivity index (χ1v) is 8.29. The van der Waals surface area contributed by atoms with Crippen molar-refractivity contribution in [1.82, 2.24) is 5.32 Å². The topological polar surface area (TPSA) is 72.5 Å². The summed E-state index contributed by atoms with van der Waals surface area (Å²) in [4.78, 5) is 11.6. The molecular formula is C12H18FNO4S. The number of rotatable bonds is 2. The molecule has 4 unspecified atom stereocenters. The number of hydrogen-bond acceptors (Lipinski definition) is 5. The minimum atomic E-state index is -4.64. The van der Waals surface area contributed by atoms with Crippen LogP contribution in [0.2, 0.25) is 0 Å². The van der Waals surface area contributed by atoms with E-state index in [1.54, 1.807) is 0 Å². The number of fused-ring (bicyclic) bond motifs is 3. The molecule has 1 saturated carbocycles. The molecule has 3 rings (SSSR count). The SMILES string of the molecule is O=C1CC2(CCC3CCNC2C3)C(CS(=O)(=O)F)O1. The van der Waals surface area contributed by atoms with E-state index in [2.05, 4.69) is 5.32 Å². The van der Waals surface area contributed by atoms with Gasteiger partial charge in [-0.05, 0) is 38.1 Å². The summed E-state index contributed by atoms with van der Waals surface area (Å²) in [5, 5.41) is 3.37. The summed E-state index contributed by atoms with van der Waals surface area (Å²) in [6.07, 6.45) is 3.12. The largest absolute Gasteiger partial charge is 0.460 e. The van der Waals surface area contributed by atoms with Crippen molar-refractivity contribution in [3.8, 4) is 0 Å². The van der Waals surface area contributed by atoms with Crippen LogP contribution in [0.5, 0.6) is 0 Å². The quantitative estimate of drug-likeness (QED) is 0.600. The molecule has 2 bridgehead atoms. The molecule has 2 aliphatic heterocycles. The Morgan fingerprint density at radius 2 is 2.21 bits per heavy atom. The fourth-order valence-corrected chi connectivity index (χ4v) is 4.78. The monoisotopic (exact) mass is 291 g/mol. The average molecular weight is 291 g/mol. The Balaban J connectivity index is 1.89. The second-order valence-electron chi connectivity index (χ2n) is 6.03. The van der Waals surface area contributed by atoms with E-state index < -0.39 is 33.5 Å². The summed E-state index contributed by atoms with van der Waals surface area (Å²) < 4.78 is 39.9. The van der Waals surface area contributed by atoms with Crippen molar-refractivity contribution in [2.45, 2.75) is 44.2 Å². The normalized spacial score (nSPS) is 42.4. The highest BCUT2D eigenvalue weighted by atomic mass is 32.3. The van der Waals surface area contributed by atoms with Crippen LogP contribution < -0.4 is 5.32 Å². The molecule has 0 aromatic heterocycles. The van der Waals surface area contributed by atoms with Crippen molar-refractivity contribution in [1.29, 1.82) is 0 Å². The summed E-state index contributed by atoms with van der Waals surface area (Å²) in [6, 6.07) is 0.0678. The lowest BCUT2D eigenvalue weighted by Crippen LogP contribution is -2.57. The molecule has 4 atom stereocenters. The molecule has 0 aromatic rings. The van der Waals surface area contributed by atoms with Gasteiger partial charge in [0.05, 0.1) is 6.42 Å². The van der Waals surface area contributed by atoms with Gasteiger partial charge in [0.2, 0.25) is 0 Å². The maximum Gasteiger partial charge on any atom is 0.306 e. The summed E-state index contributed by atoms with van der Waals surface area (Å²) >= 11 is 0. The molecule has 0 amide bonds. The third kappa shape index (κ3) is 2.38. The number of piperidine rings is 1. The van der Waals surface area contributed by atoms with Gasteiger partial charge in [-0.2, -0.15) is 8.42 Å². The van der Waals surface area contributed by atoms with Gasteiger partial charge in [0.1, 0.15) is 11.9 Å². The molecule has 5 nitrogen and oxygen atoms in total. The summed E-state index contributed by atoms with van der Waals surface area (Å²) in [6.45, 7) is 0.875. The lowest BCUT2D eigenvalue weighted by molar-refractivity contribution is -0.141. The van der Waals surface area contributed by atoms with E-state index in [-0.39, 0.29) is 12.5 Å². The van der Waals surface area contributed by atoms with Crippen LogP contribution in [-0.2, 0) is 19.8 Å². The van der Waals surface area contributed by atoms with E-state index in [1.165, 1.54) is 0 Å². The van der Waals surface area contributed by atoms with Gasteiger partial charge in [0, 0.05) is 11.5 Å². The number of nitrogens with one attached hydrogen (secondary N) is 1. The van der Waals surface area contributed by atoms with Crippen molar-refractivity contribution >= 4 is 16.2 Å². The van der Waals surface area contributed by atoms with Gasteiger partial charge in [0.25, 0.3) is 0 Å². The Hall–Kier alpha value is -0.690. The fourth-order valence-electron chi connectivity index (χ4n) is 4.02. The molecule has 19 heavy (non-hydrogen) atoms. The van der Waals surface area contributed by atoms with Crippen LogP contribution in [0.25, 0.3) is 0 Å². The number of carbonyl (C=O) groups is 1. The van der Waals surface area contributed by atoms with Crippen LogP contribution in [0.15, 0.2) is 0 Å². The van der Waals surface area contributed by atoms with Gasteiger partial charge in [-0.1, -0.05) is 0 Å². The van der Waals surface area contributed by atoms with Crippen LogP contribution in [0, 0.1) is 11.3 Å². The first-order chi connectivity index (χ1) is 8.89. The van der Waals surface area contributed by atoms with E-state index in [0.717, 1.165) is 32.2 Å². The zero-order valence-corrected chi connectivity index (χ0v) is 11.4. The summed E-state index contributed by atoms with van der Waals surface area (Å²) in [7, 11) is -4.64. The third-order valence-corrected chi connectivity index (χ3v) is 5.66. The highest BCUT2D eigenvalue weighted by Crippen LogP contribution is 2.51. The van der Waals surface area contributed by atoms with Gasteiger partial charge in [-0.25, -0.2) is 0 Å². The summed E-state index contributed by atoms with van der Waals surface area (Å²) in [5.41, 5.74) is -0.535. The van der Waals surface area contributed by atoms with Crippen molar-refractivity contribution in [3.63, 3.8) is 0 Å². The first-order valence-electron chi connectivity index (χ1n) is 6.74. The van der Waals surface area contributed by atoms with Crippen LogP contribution in [0.4, 0.5) is 3.89 Å². The number of hydrogen-bond donors (Lipinski definition) is 1. The summed E-state index contributed by atoms with van der Waals surface area (Å²) in [5.74, 6) is -0.476. The fraction of sp³-hybridized carbons (Fsp3) is 0.917. The zero-order valence-electron chi connectivity index (χ0n) is 10.6. The number of ether oxygens (including phenoxy) is 1. The number of cyclic esters (lactones) is 1. The molecule has 0 radical (unpaired) electrons. The van der Waals surface area contributed by atoms with E-state index in [9.17, 15) is 17.1 Å². The standard InChI is InChI=1S/C12H18FNO4S/c13-19(16,17)7-10-12(6-11(15)18-10)3-1-8-2-4-14-9(12)5-8/h8-10,14H,1-7H2. The van der Waals surface area contributed by atoms with Crippen LogP contribution in [0.3, 0.4) is 0 Å². The molecule has 1 aliphatic carbocycles. The molecule has 7 heteroatoms. The van der Waals surface area contributed by atoms with Gasteiger partial charge < -0.3 is 10.1 Å². The van der Waals surface area contributed by atoms with Crippen molar-refractivity contribution in [2.75, 3.05) is 12.3 Å². The minimum Gasteiger partial charge on any atom is -0.460 e. The van der Waals surface area contributed by atoms with Gasteiger partial charge in [0.15, 0.2) is 0 Å². The van der Waals surface area contributed by atoms with Crippen LogP contribution in [-0.4, -0.2) is 38.8 Å². The van der Waals surface area contributed by atoms with E-state index in [1.807, 2.05) is 0 Å². The van der Waals surface area contributed by atoms with Crippen molar-refractivity contribution < 1.29 is 21.8 Å². The van der Waals surface area contributed by atoms with E-state index >= 15 is 0 Å². The maximum absolute atomic E-state index is 13.0.